The molecule has 0 saturated heterocycles. The molecular formula is C16H18N2O3. The molecule has 0 fully saturated rings. The van der Waals surface area contributed by atoms with E-state index in [-0.39, 0.29) is 17.7 Å². The van der Waals surface area contributed by atoms with Crippen molar-refractivity contribution in [3.63, 3.8) is 0 Å². The summed E-state index contributed by atoms with van der Waals surface area (Å²) < 4.78 is 0. The highest BCUT2D eigenvalue weighted by Crippen LogP contribution is 2.45. The number of para-hydroxylation sites is 1. The van der Waals surface area contributed by atoms with E-state index in [0.29, 0.717) is 11.3 Å². The smallest absolute Gasteiger partial charge is 0.326 e. The van der Waals surface area contributed by atoms with Crippen molar-refractivity contribution in [2.45, 2.75) is 18.4 Å². The summed E-state index contributed by atoms with van der Waals surface area (Å²) in [6.07, 6.45) is 4.84. The van der Waals surface area contributed by atoms with Crippen LogP contribution in [0.4, 0.5) is 5.69 Å². The van der Waals surface area contributed by atoms with Crippen LogP contribution in [0.15, 0.2) is 30.4 Å². The fraction of sp³-hybridized carbons (Fsp3) is 0.375. The molecule has 1 heterocycles. The van der Waals surface area contributed by atoms with Gasteiger partial charge in [-0.05, 0) is 18.1 Å². The molecule has 2 N–H and O–H groups in total. The Labute approximate surface area is 123 Å². The van der Waals surface area contributed by atoms with Gasteiger partial charge in [0, 0.05) is 25.9 Å². The van der Waals surface area contributed by atoms with Crippen molar-refractivity contribution in [2.75, 3.05) is 19.4 Å². The number of carbonyl (C=O) groups excluding carboxylic acids is 1. The molecule has 1 aromatic carbocycles. The Morgan fingerprint density at radius 1 is 1.33 bits per heavy atom. The lowest BCUT2D eigenvalue weighted by molar-refractivity contribution is -0.139. The van der Waals surface area contributed by atoms with Crippen LogP contribution in [0, 0.1) is 5.92 Å². The lowest BCUT2D eigenvalue weighted by Crippen LogP contribution is -2.42. The number of rotatable bonds is 2. The summed E-state index contributed by atoms with van der Waals surface area (Å²) in [7, 11) is 3.38. The Kier molecular flexibility index (Phi) is 3.20. The van der Waals surface area contributed by atoms with Gasteiger partial charge in [-0.25, -0.2) is 4.79 Å². The average molecular weight is 286 g/mol. The molecule has 3 atom stereocenters. The van der Waals surface area contributed by atoms with E-state index in [1.54, 1.807) is 20.2 Å². The first-order chi connectivity index (χ1) is 10.0. The number of amides is 1. The Balaban J connectivity index is 2.12. The third-order valence-electron chi connectivity index (χ3n) is 4.30. The first kappa shape index (κ1) is 13.7. The number of benzene rings is 1. The normalized spacial score (nSPS) is 25.7. The zero-order valence-electron chi connectivity index (χ0n) is 12.0. The second-order valence-electron chi connectivity index (χ2n) is 5.78. The van der Waals surface area contributed by atoms with Gasteiger partial charge in [-0.3, -0.25) is 4.79 Å². The van der Waals surface area contributed by atoms with Gasteiger partial charge in [-0.15, -0.1) is 0 Å². The molecule has 5 nitrogen and oxygen atoms in total. The molecular weight excluding hydrogens is 268 g/mol. The van der Waals surface area contributed by atoms with Gasteiger partial charge >= 0.3 is 5.97 Å². The fourth-order valence-corrected chi connectivity index (χ4v) is 3.28. The van der Waals surface area contributed by atoms with Crippen molar-refractivity contribution in [3.05, 3.63) is 41.5 Å². The van der Waals surface area contributed by atoms with Crippen LogP contribution in [0.2, 0.25) is 0 Å². The number of carbonyl (C=O) groups is 2. The zero-order chi connectivity index (χ0) is 15.1. The van der Waals surface area contributed by atoms with Gasteiger partial charge in [0.05, 0.1) is 11.3 Å². The predicted octanol–water partition coefficient (Wildman–Crippen LogP) is 1.93. The van der Waals surface area contributed by atoms with Crippen molar-refractivity contribution >= 4 is 17.6 Å². The minimum Gasteiger partial charge on any atom is -0.480 e. The van der Waals surface area contributed by atoms with Crippen LogP contribution in [-0.4, -0.2) is 42.0 Å². The summed E-state index contributed by atoms with van der Waals surface area (Å²) in [5.41, 5.74) is 2.21. The van der Waals surface area contributed by atoms with Gasteiger partial charge in [-0.2, -0.15) is 0 Å². The maximum Gasteiger partial charge on any atom is 0.326 e. The highest BCUT2D eigenvalue weighted by molar-refractivity contribution is 6.01. The first-order valence-corrected chi connectivity index (χ1v) is 7.01. The van der Waals surface area contributed by atoms with Crippen LogP contribution in [0.1, 0.15) is 28.3 Å². The molecule has 3 rings (SSSR count). The zero-order valence-corrected chi connectivity index (χ0v) is 12.0. The number of carboxylic acids is 1. The molecule has 1 aliphatic carbocycles. The molecule has 1 amide bonds. The Hall–Kier alpha value is -2.30. The summed E-state index contributed by atoms with van der Waals surface area (Å²) in [4.78, 5) is 25.3. The summed E-state index contributed by atoms with van der Waals surface area (Å²) >= 11 is 0. The second-order valence-corrected chi connectivity index (χ2v) is 5.78. The molecule has 0 radical (unpaired) electrons. The predicted molar refractivity (Wildman–Crippen MR) is 79.5 cm³/mol. The van der Waals surface area contributed by atoms with E-state index in [1.165, 1.54) is 4.90 Å². The van der Waals surface area contributed by atoms with Gasteiger partial charge in [-0.1, -0.05) is 24.3 Å². The lowest BCUT2D eigenvalue weighted by Gasteiger charge is -2.35. The van der Waals surface area contributed by atoms with Gasteiger partial charge in [0.25, 0.3) is 5.91 Å². The highest BCUT2D eigenvalue weighted by atomic mass is 16.4. The number of fused-ring (bicyclic) bond motifs is 3. The van der Waals surface area contributed by atoms with Gasteiger partial charge in [0.1, 0.15) is 6.04 Å². The topological polar surface area (TPSA) is 69.6 Å². The van der Waals surface area contributed by atoms with Crippen molar-refractivity contribution in [3.8, 4) is 0 Å². The van der Waals surface area contributed by atoms with Crippen molar-refractivity contribution in [1.29, 1.82) is 0 Å². The van der Waals surface area contributed by atoms with Gasteiger partial charge in [0.2, 0.25) is 0 Å². The number of allylic oxidation sites excluding steroid dienone is 2. The lowest BCUT2D eigenvalue weighted by atomic mass is 9.78. The highest BCUT2D eigenvalue weighted by Gasteiger charge is 2.41. The van der Waals surface area contributed by atoms with E-state index in [4.69, 9.17) is 0 Å². The van der Waals surface area contributed by atoms with Crippen LogP contribution in [0.5, 0.6) is 0 Å². The fourth-order valence-electron chi connectivity index (χ4n) is 3.28. The summed E-state index contributed by atoms with van der Waals surface area (Å²) in [5.74, 6) is -0.910. The van der Waals surface area contributed by atoms with Crippen molar-refractivity contribution in [2.24, 2.45) is 5.92 Å². The monoisotopic (exact) mass is 286 g/mol. The molecule has 21 heavy (non-hydrogen) atoms. The van der Waals surface area contributed by atoms with E-state index >= 15 is 0 Å². The van der Waals surface area contributed by atoms with Crippen molar-refractivity contribution < 1.29 is 14.7 Å². The molecule has 110 valence electrons. The van der Waals surface area contributed by atoms with E-state index < -0.39 is 12.0 Å². The van der Waals surface area contributed by atoms with E-state index in [0.717, 1.165) is 12.0 Å². The molecule has 5 heteroatoms. The molecule has 0 bridgehead atoms. The number of nitrogens with zero attached hydrogens (tertiary/aromatic N) is 1. The number of hydrogen-bond acceptors (Lipinski definition) is 3. The molecule has 0 saturated carbocycles. The summed E-state index contributed by atoms with van der Waals surface area (Å²) in [5, 5.41) is 12.5. The molecule has 2 aliphatic rings. The third-order valence-corrected chi connectivity index (χ3v) is 4.30. The Morgan fingerprint density at radius 2 is 2.10 bits per heavy atom. The van der Waals surface area contributed by atoms with Crippen molar-refractivity contribution in [1.82, 2.24) is 4.90 Å². The van der Waals surface area contributed by atoms with Crippen LogP contribution in [0.3, 0.4) is 0 Å². The quantitative estimate of drug-likeness (QED) is 0.815. The van der Waals surface area contributed by atoms with Crippen LogP contribution < -0.4 is 5.32 Å². The second kappa shape index (κ2) is 4.91. The maximum atomic E-state index is 12.3. The number of hydrogen-bond donors (Lipinski definition) is 2. The van der Waals surface area contributed by atoms with E-state index in [1.807, 2.05) is 18.2 Å². The molecule has 0 spiro atoms. The number of anilines is 1. The van der Waals surface area contributed by atoms with Crippen LogP contribution in [-0.2, 0) is 4.79 Å². The molecule has 0 unspecified atom stereocenters. The minimum atomic E-state index is -0.869. The SMILES string of the molecule is CN(C)C(=O)c1cccc2c1N[C@H](C(=O)O)[C@@H]1CC=C[C@@H]21. The van der Waals surface area contributed by atoms with E-state index in [2.05, 4.69) is 11.4 Å². The van der Waals surface area contributed by atoms with Crippen LogP contribution in [0.25, 0.3) is 0 Å². The summed E-state index contributed by atoms with van der Waals surface area (Å²) in [6.45, 7) is 0. The minimum absolute atomic E-state index is 0.0136. The van der Waals surface area contributed by atoms with Crippen LogP contribution >= 0.6 is 0 Å². The molecule has 1 aliphatic heterocycles. The number of aliphatic carboxylic acids is 1. The summed E-state index contributed by atoms with van der Waals surface area (Å²) in [6, 6.07) is 4.92. The average Bonchev–Trinajstić information content (AvgIpc) is 2.94. The van der Waals surface area contributed by atoms with Gasteiger partial charge < -0.3 is 15.3 Å². The first-order valence-electron chi connectivity index (χ1n) is 7.01. The largest absolute Gasteiger partial charge is 0.480 e. The maximum absolute atomic E-state index is 12.3. The number of carboxylic acid groups (broad SMARTS) is 1. The van der Waals surface area contributed by atoms with E-state index in [9.17, 15) is 14.7 Å². The molecule has 1 aromatic rings. The Bertz CT molecular complexity index is 636. The molecule has 0 aromatic heterocycles. The third kappa shape index (κ3) is 2.09. The Morgan fingerprint density at radius 3 is 2.76 bits per heavy atom. The number of nitrogens with one attached hydrogen (secondary N) is 1. The van der Waals surface area contributed by atoms with Gasteiger partial charge in [0.15, 0.2) is 0 Å². The standard InChI is InChI=1S/C16H18N2O3/c1-18(2)15(19)12-8-4-6-10-9-5-3-7-11(9)14(16(20)21)17-13(10)12/h3-6,8-9,11,14,17H,7H2,1-2H3,(H,20,21)/t9-,11+,14-/m0/s1.